The summed E-state index contributed by atoms with van der Waals surface area (Å²) < 4.78 is 0. The number of nitrogens with zero attached hydrogens (tertiary/aromatic N) is 2. The molecule has 1 aliphatic rings. The summed E-state index contributed by atoms with van der Waals surface area (Å²) in [5.41, 5.74) is 2.97. The highest BCUT2D eigenvalue weighted by atomic mass is 15.6. The Morgan fingerprint density at radius 2 is 1.35 bits per heavy atom. The van der Waals surface area contributed by atoms with Gasteiger partial charge in [-0.05, 0) is 12.5 Å². The Kier molecular flexibility index (Phi) is 11.1. The van der Waals surface area contributed by atoms with Gasteiger partial charge in [0.05, 0.1) is 6.21 Å². The zero-order valence-electron chi connectivity index (χ0n) is 13.3. The quantitative estimate of drug-likeness (QED) is 0.480. The number of hydrazone groups is 1. The van der Waals surface area contributed by atoms with Gasteiger partial charge in [-0.25, -0.2) is 5.53 Å². The lowest BCUT2D eigenvalue weighted by Crippen LogP contribution is -2.31. The van der Waals surface area contributed by atoms with Crippen molar-refractivity contribution in [2.75, 3.05) is 6.54 Å². The lowest BCUT2D eigenvalue weighted by atomic mass is 10.1. The highest BCUT2D eigenvalue weighted by molar-refractivity contribution is 5.70. The van der Waals surface area contributed by atoms with E-state index in [-0.39, 0.29) is 0 Å². The van der Waals surface area contributed by atoms with Crippen LogP contribution in [0.15, 0.2) is 17.4 Å². The molecular formula is C17H33N3. The SMILES string of the molecule is CCCCCCCCCCCCCCN1C=CC=NN1. The maximum Gasteiger partial charge on any atom is 0.0503 e. The van der Waals surface area contributed by atoms with Crippen molar-refractivity contribution in [2.45, 2.75) is 84.0 Å². The second kappa shape index (κ2) is 13.0. The average molecular weight is 279 g/mol. The molecule has 0 saturated heterocycles. The standard InChI is InChI=1S/C17H33N3/c1-2-3-4-5-6-7-8-9-10-11-12-13-16-20-17-14-15-18-19-20/h14-15,17,19H,2-13,16H2,1H3. The predicted molar refractivity (Wildman–Crippen MR) is 88.6 cm³/mol. The van der Waals surface area contributed by atoms with Gasteiger partial charge in [0.2, 0.25) is 0 Å². The number of nitrogens with one attached hydrogen (secondary N) is 1. The van der Waals surface area contributed by atoms with E-state index >= 15 is 0 Å². The van der Waals surface area contributed by atoms with Crippen LogP contribution in [0.2, 0.25) is 0 Å². The van der Waals surface area contributed by atoms with Crippen molar-refractivity contribution in [3.63, 3.8) is 0 Å². The molecule has 1 aliphatic heterocycles. The summed E-state index contributed by atoms with van der Waals surface area (Å²) in [6.45, 7) is 3.34. The van der Waals surface area contributed by atoms with Gasteiger partial charge >= 0.3 is 0 Å². The van der Waals surface area contributed by atoms with E-state index in [4.69, 9.17) is 0 Å². The highest BCUT2D eigenvalue weighted by Gasteiger charge is 1.99. The van der Waals surface area contributed by atoms with Crippen molar-refractivity contribution in [3.05, 3.63) is 12.3 Å². The Hall–Kier alpha value is -0.990. The number of allylic oxidation sites excluding steroid dienone is 1. The maximum atomic E-state index is 4.00. The summed E-state index contributed by atoms with van der Waals surface area (Å²) in [4.78, 5) is 0. The summed E-state index contributed by atoms with van der Waals surface area (Å²) in [6, 6.07) is 0. The minimum atomic E-state index is 1.06. The number of hydrogen-bond acceptors (Lipinski definition) is 3. The summed E-state index contributed by atoms with van der Waals surface area (Å²) in [6.07, 6.45) is 22.6. The molecule has 0 saturated carbocycles. The van der Waals surface area contributed by atoms with Crippen LogP contribution >= 0.6 is 0 Å². The van der Waals surface area contributed by atoms with Crippen LogP contribution in [0.25, 0.3) is 0 Å². The van der Waals surface area contributed by atoms with E-state index in [0.29, 0.717) is 0 Å². The molecule has 116 valence electrons. The second-order valence-corrected chi connectivity index (χ2v) is 5.80. The predicted octanol–water partition coefficient (Wildman–Crippen LogP) is 5.01. The molecule has 0 unspecified atom stereocenters. The lowest BCUT2D eigenvalue weighted by Gasteiger charge is -2.20. The van der Waals surface area contributed by atoms with Gasteiger partial charge in [0.15, 0.2) is 0 Å². The van der Waals surface area contributed by atoms with E-state index in [1.807, 2.05) is 12.3 Å². The lowest BCUT2D eigenvalue weighted by molar-refractivity contribution is 0.267. The highest BCUT2D eigenvalue weighted by Crippen LogP contribution is 2.12. The van der Waals surface area contributed by atoms with Crippen LogP contribution in [0.5, 0.6) is 0 Å². The molecule has 0 fully saturated rings. The fraction of sp³-hybridized carbons (Fsp3) is 0.824. The van der Waals surface area contributed by atoms with Gasteiger partial charge in [-0.15, -0.1) is 0 Å². The molecule has 0 aliphatic carbocycles. The van der Waals surface area contributed by atoms with E-state index < -0.39 is 0 Å². The van der Waals surface area contributed by atoms with Crippen LogP contribution in [0, 0.1) is 0 Å². The van der Waals surface area contributed by atoms with Crippen LogP contribution in [0.3, 0.4) is 0 Å². The largest absolute Gasteiger partial charge is 0.279 e. The monoisotopic (exact) mass is 279 g/mol. The van der Waals surface area contributed by atoms with Crippen molar-refractivity contribution in [2.24, 2.45) is 5.10 Å². The van der Waals surface area contributed by atoms with Gasteiger partial charge in [0.25, 0.3) is 0 Å². The van der Waals surface area contributed by atoms with Gasteiger partial charge in [0, 0.05) is 12.7 Å². The van der Waals surface area contributed by atoms with E-state index in [2.05, 4.69) is 22.6 Å². The zero-order chi connectivity index (χ0) is 14.3. The molecule has 0 spiro atoms. The number of hydrogen-bond donors (Lipinski definition) is 1. The molecule has 1 N–H and O–H groups in total. The second-order valence-electron chi connectivity index (χ2n) is 5.80. The molecule has 0 radical (unpaired) electrons. The molecule has 1 rings (SSSR count). The molecule has 20 heavy (non-hydrogen) atoms. The van der Waals surface area contributed by atoms with E-state index in [1.54, 1.807) is 6.21 Å². The van der Waals surface area contributed by atoms with Crippen LogP contribution < -0.4 is 5.53 Å². The van der Waals surface area contributed by atoms with Gasteiger partial charge in [-0.2, -0.15) is 5.10 Å². The summed E-state index contributed by atoms with van der Waals surface area (Å²) in [5, 5.41) is 6.05. The first-order valence-corrected chi connectivity index (χ1v) is 8.65. The first-order chi connectivity index (χ1) is 9.93. The first-order valence-electron chi connectivity index (χ1n) is 8.65. The molecule has 0 bridgehead atoms. The topological polar surface area (TPSA) is 27.6 Å². The fourth-order valence-corrected chi connectivity index (χ4v) is 2.57. The average Bonchev–Trinajstić information content (AvgIpc) is 2.49. The minimum absolute atomic E-state index is 1.06. The van der Waals surface area contributed by atoms with Gasteiger partial charge in [0.1, 0.15) is 0 Å². The number of unbranched alkanes of at least 4 members (excludes halogenated alkanes) is 11. The Morgan fingerprint density at radius 3 is 1.85 bits per heavy atom. The van der Waals surface area contributed by atoms with Crippen molar-refractivity contribution < 1.29 is 0 Å². The van der Waals surface area contributed by atoms with Crippen LogP contribution in [-0.4, -0.2) is 17.8 Å². The van der Waals surface area contributed by atoms with E-state index in [0.717, 1.165) is 6.54 Å². The third kappa shape index (κ3) is 9.88. The van der Waals surface area contributed by atoms with Gasteiger partial charge in [-0.1, -0.05) is 77.6 Å². The van der Waals surface area contributed by atoms with Crippen molar-refractivity contribution in [3.8, 4) is 0 Å². The molecule has 3 nitrogen and oxygen atoms in total. The van der Waals surface area contributed by atoms with Gasteiger partial charge < -0.3 is 0 Å². The Balaban J connectivity index is 1.72. The van der Waals surface area contributed by atoms with Crippen molar-refractivity contribution in [1.29, 1.82) is 0 Å². The third-order valence-electron chi connectivity index (χ3n) is 3.87. The minimum Gasteiger partial charge on any atom is -0.279 e. The van der Waals surface area contributed by atoms with Gasteiger partial charge in [-0.3, -0.25) is 5.01 Å². The molecule has 3 heteroatoms. The molecule has 0 aromatic rings. The number of rotatable bonds is 13. The van der Waals surface area contributed by atoms with Crippen LogP contribution in [0.1, 0.15) is 84.0 Å². The van der Waals surface area contributed by atoms with Crippen molar-refractivity contribution >= 4 is 6.21 Å². The van der Waals surface area contributed by atoms with Crippen molar-refractivity contribution in [1.82, 2.24) is 10.5 Å². The molecular weight excluding hydrogens is 246 g/mol. The molecule has 0 amide bonds. The first kappa shape index (κ1) is 17.1. The Morgan fingerprint density at radius 1 is 0.800 bits per heavy atom. The Labute approximate surface area is 125 Å². The molecule has 1 heterocycles. The summed E-state index contributed by atoms with van der Waals surface area (Å²) in [7, 11) is 0. The maximum absolute atomic E-state index is 4.00. The molecule has 0 aromatic heterocycles. The smallest absolute Gasteiger partial charge is 0.0503 e. The normalized spacial score (nSPS) is 13.8. The Bertz CT molecular complexity index is 261. The number of hydrazine groups is 1. The van der Waals surface area contributed by atoms with E-state index in [1.165, 1.54) is 77.0 Å². The summed E-state index contributed by atoms with van der Waals surface area (Å²) in [5.74, 6) is 0. The van der Waals surface area contributed by atoms with E-state index in [9.17, 15) is 0 Å². The third-order valence-corrected chi connectivity index (χ3v) is 3.87. The van der Waals surface area contributed by atoms with Crippen LogP contribution in [-0.2, 0) is 0 Å². The molecule has 0 atom stereocenters. The molecule has 0 aromatic carbocycles. The fourth-order valence-electron chi connectivity index (χ4n) is 2.57. The summed E-state index contributed by atoms with van der Waals surface area (Å²) >= 11 is 0. The van der Waals surface area contributed by atoms with Crippen LogP contribution in [0.4, 0.5) is 0 Å². The zero-order valence-corrected chi connectivity index (χ0v) is 13.3.